The molecule has 1 aromatic carbocycles. The van der Waals surface area contributed by atoms with Crippen LogP contribution in [0.2, 0.25) is 5.02 Å². The molecule has 0 spiro atoms. The van der Waals surface area contributed by atoms with Crippen LogP contribution in [0.25, 0.3) is 11.5 Å². The molecule has 0 saturated heterocycles. The third-order valence-electron chi connectivity index (χ3n) is 2.38. The number of nitrogens with zero attached hydrogens (tertiary/aromatic N) is 2. The molecule has 17 heavy (non-hydrogen) atoms. The molecule has 0 amide bonds. The summed E-state index contributed by atoms with van der Waals surface area (Å²) in [6.45, 7) is 1.92. The van der Waals surface area contributed by atoms with Crippen LogP contribution in [0.5, 0.6) is 0 Å². The molecule has 2 aromatic rings. The molecule has 0 saturated carbocycles. The standard InChI is InChI=1S/C11H11ClFN3O/c1-2-9(14)10-15-11(17-16-10)6-3-4-7(12)8(13)5-6/h3-5,9H,2,14H2,1H3. The predicted molar refractivity (Wildman–Crippen MR) is 61.9 cm³/mol. The van der Waals surface area contributed by atoms with Crippen LogP contribution in [0.1, 0.15) is 25.2 Å². The van der Waals surface area contributed by atoms with Gasteiger partial charge < -0.3 is 10.3 Å². The van der Waals surface area contributed by atoms with E-state index in [4.69, 9.17) is 21.9 Å². The zero-order valence-corrected chi connectivity index (χ0v) is 9.91. The third-order valence-corrected chi connectivity index (χ3v) is 2.69. The van der Waals surface area contributed by atoms with Crippen molar-refractivity contribution in [1.82, 2.24) is 10.1 Å². The van der Waals surface area contributed by atoms with E-state index < -0.39 is 5.82 Å². The van der Waals surface area contributed by atoms with Gasteiger partial charge >= 0.3 is 0 Å². The molecular weight excluding hydrogens is 245 g/mol. The monoisotopic (exact) mass is 255 g/mol. The molecule has 6 heteroatoms. The van der Waals surface area contributed by atoms with Crippen molar-refractivity contribution in [2.45, 2.75) is 19.4 Å². The van der Waals surface area contributed by atoms with Gasteiger partial charge in [-0.2, -0.15) is 4.98 Å². The molecule has 1 unspecified atom stereocenters. The topological polar surface area (TPSA) is 64.9 Å². The highest BCUT2D eigenvalue weighted by Gasteiger charge is 2.14. The number of hydrogen-bond acceptors (Lipinski definition) is 4. The Kier molecular flexibility index (Phi) is 3.40. The summed E-state index contributed by atoms with van der Waals surface area (Å²) in [7, 11) is 0. The van der Waals surface area contributed by atoms with Gasteiger partial charge in [0.05, 0.1) is 11.1 Å². The molecule has 0 aliphatic rings. The van der Waals surface area contributed by atoms with Crippen LogP contribution in [-0.4, -0.2) is 10.1 Å². The maximum absolute atomic E-state index is 13.2. The van der Waals surface area contributed by atoms with Gasteiger partial charge in [0.25, 0.3) is 5.89 Å². The second-order valence-corrected chi connectivity index (χ2v) is 4.01. The first-order chi connectivity index (χ1) is 8.11. The molecule has 0 bridgehead atoms. The average Bonchev–Trinajstić information content (AvgIpc) is 2.81. The highest BCUT2D eigenvalue weighted by Crippen LogP contribution is 2.23. The highest BCUT2D eigenvalue weighted by molar-refractivity contribution is 6.30. The van der Waals surface area contributed by atoms with E-state index in [1.165, 1.54) is 12.1 Å². The summed E-state index contributed by atoms with van der Waals surface area (Å²) in [5.74, 6) is 0.126. The lowest BCUT2D eigenvalue weighted by molar-refractivity contribution is 0.415. The van der Waals surface area contributed by atoms with E-state index in [0.717, 1.165) is 0 Å². The van der Waals surface area contributed by atoms with E-state index in [1.54, 1.807) is 6.07 Å². The molecule has 90 valence electrons. The summed E-state index contributed by atoms with van der Waals surface area (Å²) < 4.78 is 18.3. The lowest BCUT2D eigenvalue weighted by atomic mass is 10.2. The predicted octanol–water partition coefficient (Wildman–Crippen LogP) is 2.94. The van der Waals surface area contributed by atoms with E-state index in [9.17, 15) is 4.39 Å². The summed E-state index contributed by atoms with van der Waals surface area (Å²) in [4.78, 5) is 4.11. The van der Waals surface area contributed by atoms with Crippen molar-refractivity contribution in [2.75, 3.05) is 0 Å². The van der Waals surface area contributed by atoms with Crippen LogP contribution in [0.3, 0.4) is 0 Å². The number of rotatable bonds is 3. The van der Waals surface area contributed by atoms with Crippen molar-refractivity contribution in [3.05, 3.63) is 34.9 Å². The van der Waals surface area contributed by atoms with E-state index in [2.05, 4.69) is 10.1 Å². The Labute approximate surface area is 103 Å². The van der Waals surface area contributed by atoms with Crippen molar-refractivity contribution in [2.24, 2.45) is 5.73 Å². The number of benzene rings is 1. The first-order valence-electron chi connectivity index (χ1n) is 5.16. The normalized spacial score (nSPS) is 12.7. The Hall–Kier alpha value is -1.46. The van der Waals surface area contributed by atoms with Crippen molar-refractivity contribution < 1.29 is 8.91 Å². The largest absolute Gasteiger partial charge is 0.334 e. The van der Waals surface area contributed by atoms with Crippen LogP contribution in [-0.2, 0) is 0 Å². The Morgan fingerprint density at radius 3 is 2.94 bits per heavy atom. The van der Waals surface area contributed by atoms with Crippen LogP contribution in [0.4, 0.5) is 4.39 Å². The minimum Gasteiger partial charge on any atom is -0.334 e. The van der Waals surface area contributed by atoms with Crippen LogP contribution < -0.4 is 5.73 Å². The summed E-state index contributed by atoms with van der Waals surface area (Å²) in [5.41, 5.74) is 6.24. The van der Waals surface area contributed by atoms with Crippen LogP contribution >= 0.6 is 11.6 Å². The van der Waals surface area contributed by atoms with E-state index in [-0.39, 0.29) is 17.0 Å². The summed E-state index contributed by atoms with van der Waals surface area (Å²) in [5, 5.41) is 3.80. The fraction of sp³-hybridized carbons (Fsp3) is 0.273. The van der Waals surface area contributed by atoms with Gasteiger partial charge in [-0.25, -0.2) is 4.39 Å². The maximum atomic E-state index is 13.2. The molecule has 0 fully saturated rings. The van der Waals surface area contributed by atoms with Crippen molar-refractivity contribution >= 4 is 11.6 Å². The first kappa shape index (κ1) is 12.0. The smallest absolute Gasteiger partial charge is 0.258 e. The van der Waals surface area contributed by atoms with Gasteiger partial charge in [0.2, 0.25) is 0 Å². The van der Waals surface area contributed by atoms with E-state index >= 15 is 0 Å². The summed E-state index contributed by atoms with van der Waals surface area (Å²) in [6.07, 6.45) is 0.702. The quantitative estimate of drug-likeness (QED) is 0.916. The highest BCUT2D eigenvalue weighted by atomic mass is 35.5. The molecule has 4 nitrogen and oxygen atoms in total. The summed E-state index contributed by atoms with van der Waals surface area (Å²) >= 11 is 5.58. The number of aromatic nitrogens is 2. The van der Waals surface area contributed by atoms with Crippen molar-refractivity contribution in [3.63, 3.8) is 0 Å². The summed E-state index contributed by atoms with van der Waals surface area (Å²) in [6, 6.07) is 4.03. The zero-order valence-electron chi connectivity index (χ0n) is 9.15. The maximum Gasteiger partial charge on any atom is 0.258 e. The first-order valence-corrected chi connectivity index (χ1v) is 5.54. The third kappa shape index (κ3) is 2.45. The SMILES string of the molecule is CCC(N)c1noc(-c2ccc(Cl)c(F)c2)n1. The lowest BCUT2D eigenvalue weighted by Gasteiger charge is -1.99. The lowest BCUT2D eigenvalue weighted by Crippen LogP contribution is -2.10. The van der Waals surface area contributed by atoms with E-state index in [0.29, 0.717) is 17.8 Å². The fourth-order valence-corrected chi connectivity index (χ4v) is 1.43. The van der Waals surface area contributed by atoms with Gasteiger partial charge in [-0.3, -0.25) is 0 Å². The molecule has 1 heterocycles. The molecule has 0 radical (unpaired) electrons. The number of halogens is 2. The molecule has 2 rings (SSSR count). The second-order valence-electron chi connectivity index (χ2n) is 3.60. The number of nitrogens with two attached hydrogens (primary N) is 1. The van der Waals surface area contributed by atoms with Gasteiger partial charge in [-0.1, -0.05) is 23.7 Å². The van der Waals surface area contributed by atoms with Gasteiger partial charge in [-0.15, -0.1) is 0 Å². The fourth-order valence-electron chi connectivity index (χ4n) is 1.31. The molecule has 0 aliphatic heterocycles. The molecule has 0 aliphatic carbocycles. The molecule has 2 N–H and O–H groups in total. The number of hydrogen-bond donors (Lipinski definition) is 1. The second kappa shape index (κ2) is 4.81. The minimum absolute atomic E-state index is 0.0544. The van der Waals surface area contributed by atoms with Crippen LogP contribution in [0, 0.1) is 5.82 Å². The van der Waals surface area contributed by atoms with Crippen molar-refractivity contribution in [1.29, 1.82) is 0 Å². The Morgan fingerprint density at radius 2 is 2.29 bits per heavy atom. The van der Waals surface area contributed by atoms with E-state index in [1.807, 2.05) is 6.92 Å². The van der Waals surface area contributed by atoms with Gasteiger partial charge in [0.15, 0.2) is 5.82 Å². The van der Waals surface area contributed by atoms with Gasteiger partial charge in [0.1, 0.15) is 5.82 Å². The van der Waals surface area contributed by atoms with Gasteiger partial charge in [0, 0.05) is 5.56 Å². The van der Waals surface area contributed by atoms with Crippen molar-refractivity contribution in [3.8, 4) is 11.5 Å². The minimum atomic E-state index is -0.524. The molecule has 1 aromatic heterocycles. The Balaban J connectivity index is 2.33. The molecule has 1 atom stereocenters. The van der Waals surface area contributed by atoms with Gasteiger partial charge in [-0.05, 0) is 24.6 Å². The van der Waals surface area contributed by atoms with Crippen LogP contribution in [0.15, 0.2) is 22.7 Å². The average molecular weight is 256 g/mol. The Bertz CT molecular complexity index is 529. The molecular formula is C11H11ClFN3O. The zero-order chi connectivity index (χ0) is 12.4. The Morgan fingerprint density at radius 1 is 1.53 bits per heavy atom.